The Morgan fingerprint density at radius 1 is 1.45 bits per heavy atom. The average molecular weight is 277 g/mol. The third-order valence-electron chi connectivity index (χ3n) is 4.11. The lowest BCUT2D eigenvalue weighted by molar-refractivity contribution is 0.130. The van der Waals surface area contributed by atoms with Crippen molar-refractivity contribution < 1.29 is 4.39 Å². The molecule has 0 spiro atoms. The first kappa shape index (κ1) is 15.0. The maximum absolute atomic E-state index is 14.1. The number of likely N-dealkylation sites (tertiary alicyclic amines) is 1. The molecule has 1 heterocycles. The molecule has 0 radical (unpaired) electrons. The van der Waals surface area contributed by atoms with E-state index in [1.54, 1.807) is 12.1 Å². The Hall–Kier alpha value is -1.42. The number of rotatable bonds is 5. The second-order valence-corrected chi connectivity index (χ2v) is 5.63. The van der Waals surface area contributed by atoms with Gasteiger partial charge in [0.25, 0.3) is 0 Å². The van der Waals surface area contributed by atoms with E-state index >= 15 is 0 Å². The number of benzene rings is 1. The quantitative estimate of drug-likeness (QED) is 0.641. The van der Waals surface area contributed by atoms with E-state index in [0.29, 0.717) is 23.7 Å². The second-order valence-electron chi connectivity index (χ2n) is 5.63. The fraction of sp³-hybridized carbons (Fsp3) is 0.562. The minimum atomic E-state index is -0.251. The van der Waals surface area contributed by atoms with Gasteiger partial charge in [0.1, 0.15) is 11.7 Å². The van der Waals surface area contributed by atoms with Crippen molar-refractivity contribution in [3.8, 4) is 0 Å². The highest BCUT2D eigenvalue weighted by Crippen LogP contribution is 2.24. The van der Waals surface area contributed by atoms with E-state index in [1.165, 1.54) is 38.2 Å². The zero-order valence-corrected chi connectivity index (χ0v) is 12.2. The van der Waals surface area contributed by atoms with Crippen molar-refractivity contribution in [1.82, 2.24) is 4.90 Å². The lowest BCUT2D eigenvalue weighted by atomic mass is 9.97. The summed E-state index contributed by atoms with van der Waals surface area (Å²) in [5.74, 6) is -0.337. The number of hydrogen-bond donors (Lipinski definition) is 2. The summed E-state index contributed by atoms with van der Waals surface area (Å²) in [4.78, 5) is 2.40. The Morgan fingerprint density at radius 3 is 2.90 bits per heavy atom. The van der Waals surface area contributed by atoms with E-state index in [-0.39, 0.29) is 11.7 Å². The van der Waals surface area contributed by atoms with Gasteiger partial charge in [0, 0.05) is 23.7 Å². The van der Waals surface area contributed by atoms with Crippen molar-refractivity contribution in [3.63, 3.8) is 0 Å². The molecule has 1 aliphatic rings. The SMILES string of the molecule is CCCC1CCCCN1Cc1ccc(C(=N)N)cc1F. The number of nitrogens with two attached hydrogens (primary N) is 1. The van der Waals surface area contributed by atoms with Crippen LogP contribution in [0.15, 0.2) is 18.2 Å². The summed E-state index contributed by atoms with van der Waals surface area (Å²) in [6.07, 6.45) is 6.07. The first-order chi connectivity index (χ1) is 9.61. The average Bonchev–Trinajstić information content (AvgIpc) is 2.43. The van der Waals surface area contributed by atoms with Gasteiger partial charge in [-0.25, -0.2) is 4.39 Å². The van der Waals surface area contributed by atoms with Gasteiger partial charge in [0.15, 0.2) is 0 Å². The van der Waals surface area contributed by atoms with Gasteiger partial charge in [0.2, 0.25) is 0 Å². The van der Waals surface area contributed by atoms with Crippen molar-refractivity contribution in [2.24, 2.45) is 5.73 Å². The second kappa shape index (κ2) is 6.84. The van der Waals surface area contributed by atoms with Crippen molar-refractivity contribution in [3.05, 3.63) is 35.1 Å². The highest BCUT2D eigenvalue weighted by Gasteiger charge is 2.22. The van der Waals surface area contributed by atoms with E-state index in [9.17, 15) is 4.39 Å². The minimum absolute atomic E-state index is 0.0858. The molecule has 3 N–H and O–H groups in total. The van der Waals surface area contributed by atoms with Crippen molar-refractivity contribution in [1.29, 1.82) is 5.41 Å². The summed E-state index contributed by atoms with van der Waals surface area (Å²) in [5, 5.41) is 7.34. The molecule has 1 aliphatic heterocycles. The summed E-state index contributed by atoms with van der Waals surface area (Å²) >= 11 is 0. The molecule has 0 aromatic heterocycles. The Morgan fingerprint density at radius 2 is 2.25 bits per heavy atom. The number of nitrogen functional groups attached to an aromatic ring is 1. The summed E-state index contributed by atoms with van der Waals surface area (Å²) in [7, 11) is 0. The first-order valence-corrected chi connectivity index (χ1v) is 7.48. The van der Waals surface area contributed by atoms with Crippen LogP contribution in [0.1, 0.15) is 50.2 Å². The van der Waals surface area contributed by atoms with Gasteiger partial charge < -0.3 is 5.73 Å². The molecule has 0 saturated carbocycles. The number of halogens is 1. The smallest absolute Gasteiger partial charge is 0.128 e. The molecule has 0 amide bonds. The van der Waals surface area contributed by atoms with Gasteiger partial charge in [0.05, 0.1) is 0 Å². The topological polar surface area (TPSA) is 53.1 Å². The standard InChI is InChI=1S/C16H24FN3/c1-2-5-14-6-3-4-9-20(14)11-13-8-7-12(16(18)19)10-15(13)17/h7-8,10,14H,2-6,9,11H2,1H3,(H3,18,19). The van der Waals surface area contributed by atoms with Gasteiger partial charge in [-0.1, -0.05) is 31.9 Å². The molecule has 0 aliphatic carbocycles. The normalized spacial score (nSPS) is 20.0. The highest BCUT2D eigenvalue weighted by atomic mass is 19.1. The Kier molecular flexibility index (Phi) is 5.12. The van der Waals surface area contributed by atoms with Crippen LogP contribution in [-0.2, 0) is 6.54 Å². The lowest BCUT2D eigenvalue weighted by Gasteiger charge is -2.35. The summed E-state index contributed by atoms with van der Waals surface area (Å²) < 4.78 is 14.1. The van der Waals surface area contributed by atoms with Crippen LogP contribution in [-0.4, -0.2) is 23.3 Å². The molecule has 1 saturated heterocycles. The molecule has 1 atom stereocenters. The molecule has 2 rings (SSSR count). The summed E-state index contributed by atoms with van der Waals surface area (Å²) in [6.45, 7) is 3.92. The molecule has 110 valence electrons. The molecule has 1 fully saturated rings. The highest BCUT2D eigenvalue weighted by molar-refractivity contribution is 5.94. The van der Waals surface area contributed by atoms with E-state index < -0.39 is 0 Å². The van der Waals surface area contributed by atoms with Gasteiger partial charge in [-0.2, -0.15) is 0 Å². The van der Waals surface area contributed by atoms with Crippen molar-refractivity contribution in [2.45, 2.75) is 51.6 Å². The predicted octanol–water partition coefficient (Wildman–Crippen LogP) is 3.26. The van der Waals surface area contributed by atoms with E-state index in [1.807, 2.05) is 0 Å². The molecule has 3 nitrogen and oxygen atoms in total. The number of nitrogens with one attached hydrogen (secondary N) is 1. The largest absolute Gasteiger partial charge is 0.384 e. The Bertz CT molecular complexity index is 471. The Balaban J connectivity index is 2.09. The van der Waals surface area contributed by atoms with Crippen LogP contribution in [0, 0.1) is 11.2 Å². The van der Waals surface area contributed by atoms with E-state index in [0.717, 1.165) is 6.54 Å². The molecular weight excluding hydrogens is 253 g/mol. The molecule has 1 unspecified atom stereocenters. The molecule has 1 aromatic rings. The van der Waals surface area contributed by atoms with Gasteiger partial charge in [-0.15, -0.1) is 0 Å². The number of amidine groups is 1. The third kappa shape index (κ3) is 3.57. The van der Waals surface area contributed by atoms with Crippen LogP contribution in [0.4, 0.5) is 4.39 Å². The maximum atomic E-state index is 14.1. The third-order valence-corrected chi connectivity index (χ3v) is 4.11. The van der Waals surface area contributed by atoms with Gasteiger partial charge in [-0.3, -0.25) is 10.3 Å². The molecule has 4 heteroatoms. The fourth-order valence-corrected chi connectivity index (χ4v) is 2.99. The van der Waals surface area contributed by atoms with Gasteiger partial charge >= 0.3 is 0 Å². The number of piperidine rings is 1. The molecule has 20 heavy (non-hydrogen) atoms. The van der Waals surface area contributed by atoms with Crippen LogP contribution < -0.4 is 5.73 Å². The van der Waals surface area contributed by atoms with E-state index in [4.69, 9.17) is 11.1 Å². The van der Waals surface area contributed by atoms with Crippen LogP contribution >= 0.6 is 0 Å². The minimum Gasteiger partial charge on any atom is -0.384 e. The number of hydrogen-bond acceptors (Lipinski definition) is 2. The van der Waals surface area contributed by atoms with E-state index in [2.05, 4.69) is 11.8 Å². The van der Waals surface area contributed by atoms with Gasteiger partial charge in [-0.05, 0) is 31.9 Å². The van der Waals surface area contributed by atoms with Crippen LogP contribution in [0.2, 0.25) is 0 Å². The Labute approximate surface area is 120 Å². The monoisotopic (exact) mass is 277 g/mol. The lowest BCUT2D eigenvalue weighted by Crippen LogP contribution is -2.39. The van der Waals surface area contributed by atoms with Crippen molar-refractivity contribution in [2.75, 3.05) is 6.54 Å². The predicted molar refractivity (Wildman–Crippen MR) is 80.4 cm³/mol. The van der Waals surface area contributed by atoms with Crippen molar-refractivity contribution >= 4 is 5.84 Å². The number of nitrogens with zero attached hydrogens (tertiary/aromatic N) is 1. The van der Waals surface area contributed by atoms with Crippen LogP contribution in [0.25, 0.3) is 0 Å². The van der Waals surface area contributed by atoms with Crippen LogP contribution in [0.5, 0.6) is 0 Å². The maximum Gasteiger partial charge on any atom is 0.128 e. The zero-order chi connectivity index (χ0) is 14.5. The molecule has 1 aromatic carbocycles. The fourth-order valence-electron chi connectivity index (χ4n) is 2.99. The summed E-state index contributed by atoms with van der Waals surface area (Å²) in [6, 6.07) is 5.46. The molecule has 0 bridgehead atoms. The summed E-state index contributed by atoms with van der Waals surface area (Å²) in [5.41, 5.74) is 6.54. The zero-order valence-electron chi connectivity index (χ0n) is 12.2. The van der Waals surface area contributed by atoms with Crippen LogP contribution in [0.3, 0.4) is 0 Å². The first-order valence-electron chi connectivity index (χ1n) is 7.48. The molecular formula is C16H24FN3.